The molecule has 10 heavy (non-hydrogen) atoms. The van der Waals surface area contributed by atoms with Crippen LogP contribution < -0.4 is 5.32 Å². The van der Waals surface area contributed by atoms with Crippen LogP contribution in [0.5, 0.6) is 0 Å². The standard InChI is InChI=1S/C9H17N/c1-5-6-7-9(4)10-8(2)3/h5-6,8,10H,4,7H2,1-3H3/b6-5-. The zero-order valence-electron chi connectivity index (χ0n) is 7.15. The van der Waals surface area contributed by atoms with E-state index in [-0.39, 0.29) is 0 Å². The van der Waals surface area contributed by atoms with Crippen LogP contribution in [-0.4, -0.2) is 6.04 Å². The third-order valence-electron chi connectivity index (χ3n) is 1.09. The molecule has 0 aromatic rings. The van der Waals surface area contributed by atoms with Gasteiger partial charge >= 0.3 is 0 Å². The van der Waals surface area contributed by atoms with Crippen molar-refractivity contribution in [2.45, 2.75) is 33.2 Å². The maximum Gasteiger partial charge on any atom is 0.0201 e. The van der Waals surface area contributed by atoms with Crippen molar-refractivity contribution in [3.05, 3.63) is 24.4 Å². The lowest BCUT2D eigenvalue weighted by atomic mass is 10.3. The number of nitrogens with one attached hydrogen (secondary N) is 1. The van der Waals surface area contributed by atoms with Gasteiger partial charge in [-0.2, -0.15) is 0 Å². The van der Waals surface area contributed by atoms with E-state index in [1.54, 1.807) is 0 Å². The van der Waals surface area contributed by atoms with E-state index in [1.807, 2.05) is 13.0 Å². The number of allylic oxidation sites excluding steroid dienone is 2. The summed E-state index contributed by atoms with van der Waals surface area (Å²) in [4.78, 5) is 0. The van der Waals surface area contributed by atoms with Crippen molar-refractivity contribution in [1.29, 1.82) is 0 Å². The summed E-state index contributed by atoms with van der Waals surface area (Å²) in [6.07, 6.45) is 5.07. The van der Waals surface area contributed by atoms with Gasteiger partial charge in [0.15, 0.2) is 0 Å². The van der Waals surface area contributed by atoms with Gasteiger partial charge in [0.05, 0.1) is 0 Å². The Hall–Kier alpha value is -0.720. The highest BCUT2D eigenvalue weighted by Crippen LogP contribution is 1.95. The highest BCUT2D eigenvalue weighted by Gasteiger charge is 1.91. The van der Waals surface area contributed by atoms with Crippen LogP contribution in [0.4, 0.5) is 0 Å². The SMILES string of the molecule is C=C(C/C=C\C)NC(C)C. The lowest BCUT2D eigenvalue weighted by molar-refractivity contribution is 0.660. The van der Waals surface area contributed by atoms with Crippen molar-refractivity contribution in [3.8, 4) is 0 Å². The molecule has 0 radical (unpaired) electrons. The van der Waals surface area contributed by atoms with Gasteiger partial charge in [-0.25, -0.2) is 0 Å². The monoisotopic (exact) mass is 139 g/mol. The Balaban J connectivity index is 3.44. The normalized spacial score (nSPS) is 10.8. The Kier molecular flexibility index (Phi) is 4.73. The lowest BCUT2D eigenvalue weighted by Gasteiger charge is -2.10. The quantitative estimate of drug-likeness (QED) is 0.590. The molecule has 0 saturated heterocycles. The summed E-state index contributed by atoms with van der Waals surface area (Å²) in [7, 11) is 0. The van der Waals surface area contributed by atoms with Crippen LogP contribution in [0.1, 0.15) is 27.2 Å². The van der Waals surface area contributed by atoms with Crippen LogP contribution in [0.15, 0.2) is 24.4 Å². The van der Waals surface area contributed by atoms with Crippen molar-refractivity contribution in [2.24, 2.45) is 0 Å². The van der Waals surface area contributed by atoms with E-state index in [0.29, 0.717) is 6.04 Å². The van der Waals surface area contributed by atoms with Crippen molar-refractivity contribution in [2.75, 3.05) is 0 Å². The van der Waals surface area contributed by atoms with E-state index >= 15 is 0 Å². The van der Waals surface area contributed by atoms with Crippen molar-refractivity contribution in [3.63, 3.8) is 0 Å². The molecule has 0 saturated carbocycles. The molecule has 0 aliphatic carbocycles. The van der Waals surface area contributed by atoms with Crippen molar-refractivity contribution < 1.29 is 0 Å². The maximum absolute atomic E-state index is 3.87. The molecule has 1 heteroatoms. The van der Waals surface area contributed by atoms with Gasteiger partial charge < -0.3 is 5.32 Å². The third kappa shape index (κ3) is 5.42. The molecule has 0 spiro atoms. The summed E-state index contributed by atoms with van der Waals surface area (Å²) < 4.78 is 0. The van der Waals surface area contributed by atoms with E-state index in [9.17, 15) is 0 Å². The summed E-state index contributed by atoms with van der Waals surface area (Å²) in [6.45, 7) is 10.1. The molecule has 0 unspecified atom stereocenters. The van der Waals surface area contributed by atoms with Gasteiger partial charge in [-0.1, -0.05) is 18.7 Å². The lowest BCUT2D eigenvalue weighted by Crippen LogP contribution is -2.20. The Bertz CT molecular complexity index is 123. The van der Waals surface area contributed by atoms with E-state index in [2.05, 4.69) is 31.8 Å². The Labute approximate surface area is 63.8 Å². The molecule has 0 amide bonds. The fraction of sp³-hybridized carbons (Fsp3) is 0.556. The van der Waals surface area contributed by atoms with E-state index in [0.717, 1.165) is 12.1 Å². The van der Waals surface area contributed by atoms with E-state index in [4.69, 9.17) is 0 Å². The Morgan fingerprint density at radius 1 is 1.60 bits per heavy atom. The number of rotatable bonds is 4. The zero-order chi connectivity index (χ0) is 7.98. The van der Waals surface area contributed by atoms with Gasteiger partial charge in [-0.05, 0) is 20.8 Å². The molecule has 0 atom stereocenters. The maximum atomic E-state index is 3.87. The number of hydrogen-bond donors (Lipinski definition) is 1. The van der Waals surface area contributed by atoms with Crippen molar-refractivity contribution in [1.82, 2.24) is 5.32 Å². The predicted molar refractivity (Wildman–Crippen MR) is 46.8 cm³/mol. The highest BCUT2D eigenvalue weighted by atomic mass is 14.9. The van der Waals surface area contributed by atoms with Gasteiger partial charge in [0.1, 0.15) is 0 Å². The van der Waals surface area contributed by atoms with Gasteiger partial charge in [-0.3, -0.25) is 0 Å². The van der Waals surface area contributed by atoms with Crippen LogP contribution in [0, 0.1) is 0 Å². The third-order valence-corrected chi connectivity index (χ3v) is 1.09. The highest BCUT2D eigenvalue weighted by molar-refractivity contribution is 4.99. The van der Waals surface area contributed by atoms with Crippen molar-refractivity contribution >= 4 is 0 Å². The van der Waals surface area contributed by atoms with Gasteiger partial charge in [0.2, 0.25) is 0 Å². The molecule has 1 N–H and O–H groups in total. The fourth-order valence-corrected chi connectivity index (χ4v) is 0.727. The average molecular weight is 139 g/mol. The van der Waals surface area contributed by atoms with Gasteiger partial charge in [0, 0.05) is 18.2 Å². The predicted octanol–water partition coefficient (Wildman–Crippen LogP) is 2.46. The first-order chi connectivity index (χ1) is 4.66. The van der Waals surface area contributed by atoms with Gasteiger partial charge in [0.25, 0.3) is 0 Å². The molecule has 0 fully saturated rings. The largest absolute Gasteiger partial charge is 0.386 e. The average Bonchev–Trinajstić information content (AvgIpc) is 1.82. The summed E-state index contributed by atoms with van der Waals surface area (Å²) in [5.74, 6) is 0. The second-order valence-corrected chi connectivity index (χ2v) is 2.68. The summed E-state index contributed by atoms with van der Waals surface area (Å²) in [5.41, 5.74) is 1.09. The van der Waals surface area contributed by atoms with Crippen LogP contribution in [0.3, 0.4) is 0 Å². The molecule has 58 valence electrons. The topological polar surface area (TPSA) is 12.0 Å². The first-order valence-electron chi connectivity index (χ1n) is 3.72. The minimum absolute atomic E-state index is 0.498. The first-order valence-corrected chi connectivity index (χ1v) is 3.72. The van der Waals surface area contributed by atoms with E-state index in [1.165, 1.54) is 0 Å². The van der Waals surface area contributed by atoms with Gasteiger partial charge in [-0.15, -0.1) is 0 Å². The van der Waals surface area contributed by atoms with E-state index < -0.39 is 0 Å². The molecule has 0 rings (SSSR count). The van der Waals surface area contributed by atoms with Crippen LogP contribution >= 0.6 is 0 Å². The summed E-state index contributed by atoms with van der Waals surface area (Å²) >= 11 is 0. The first kappa shape index (κ1) is 9.28. The summed E-state index contributed by atoms with van der Waals surface area (Å²) in [6, 6.07) is 0.498. The second kappa shape index (κ2) is 5.10. The van der Waals surface area contributed by atoms with Crippen LogP contribution in [-0.2, 0) is 0 Å². The molecule has 0 aromatic carbocycles. The molecular formula is C9H17N. The van der Waals surface area contributed by atoms with Crippen LogP contribution in [0.2, 0.25) is 0 Å². The second-order valence-electron chi connectivity index (χ2n) is 2.68. The smallest absolute Gasteiger partial charge is 0.0201 e. The Morgan fingerprint density at radius 2 is 2.20 bits per heavy atom. The number of hydrogen-bond acceptors (Lipinski definition) is 1. The molecule has 1 nitrogen and oxygen atoms in total. The fourth-order valence-electron chi connectivity index (χ4n) is 0.727. The summed E-state index contributed by atoms with van der Waals surface area (Å²) in [5, 5.41) is 3.23. The molecular weight excluding hydrogens is 122 g/mol. The molecule has 0 aromatic heterocycles. The molecule has 0 aliphatic rings. The molecule has 0 bridgehead atoms. The molecule has 0 aliphatic heterocycles. The minimum atomic E-state index is 0.498. The Morgan fingerprint density at radius 3 is 2.60 bits per heavy atom. The molecule has 0 heterocycles. The van der Waals surface area contributed by atoms with Crippen LogP contribution in [0.25, 0.3) is 0 Å². The minimum Gasteiger partial charge on any atom is -0.386 e. The zero-order valence-corrected chi connectivity index (χ0v) is 7.15.